The number of ether oxygens (including phenoxy) is 2. The van der Waals surface area contributed by atoms with Crippen molar-refractivity contribution in [3.05, 3.63) is 93.0 Å². The lowest BCUT2D eigenvalue weighted by atomic mass is 10.2. The minimum atomic E-state index is -0.456. The molecule has 0 saturated heterocycles. The number of nitrogens with zero attached hydrogens (tertiary/aromatic N) is 2. The number of hydrogen-bond donors (Lipinski definition) is 1. The van der Waals surface area contributed by atoms with E-state index >= 15 is 0 Å². The molecule has 3 rings (SSSR count). The second kappa shape index (κ2) is 9.57. The van der Waals surface area contributed by atoms with Gasteiger partial charge in [0.15, 0.2) is 11.5 Å². The normalized spacial score (nSPS) is 10.7. The van der Waals surface area contributed by atoms with E-state index in [1.54, 1.807) is 37.6 Å². The van der Waals surface area contributed by atoms with Crippen molar-refractivity contribution in [3.8, 4) is 11.5 Å². The van der Waals surface area contributed by atoms with Crippen molar-refractivity contribution in [1.82, 2.24) is 0 Å². The largest absolute Gasteiger partial charge is 0.493 e. The van der Waals surface area contributed by atoms with Gasteiger partial charge in [-0.05, 0) is 47.5 Å². The van der Waals surface area contributed by atoms with E-state index in [4.69, 9.17) is 21.1 Å². The Kier molecular flexibility index (Phi) is 6.65. The summed E-state index contributed by atoms with van der Waals surface area (Å²) in [7, 11) is 1.56. The first-order chi connectivity index (χ1) is 14.0. The van der Waals surface area contributed by atoms with Crippen molar-refractivity contribution in [2.45, 2.75) is 6.61 Å². The van der Waals surface area contributed by atoms with Gasteiger partial charge in [0.25, 0.3) is 5.69 Å². The Balaban J connectivity index is 1.64. The summed E-state index contributed by atoms with van der Waals surface area (Å²) < 4.78 is 11.2. The number of methoxy groups -OCH3 is 1. The van der Waals surface area contributed by atoms with E-state index in [9.17, 15) is 10.1 Å². The van der Waals surface area contributed by atoms with E-state index in [0.717, 1.165) is 11.1 Å². The zero-order chi connectivity index (χ0) is 20.6. The van der Waals surface area contributed by atoms with Crippen molar-refractivity contribution in [1.29, 1.82) is 0 Å². The molecule has 0 aliphatic heterocycles. The smallest absolute Gasteiger partial charge is 0.271 e. The Labute approximate surface area is 172 Å². The topological polar surface area (TPSA) is 86.0 Å². The van der Waals surface area contributed by atoms with Gasteiger partial charge in [0.05, 0.1) is 23.9 Å². The van der Waals surface area contributed by atoms with Gasteiger partial charge in [-0.25, -0.2) is 0 Å². The number of nitrogens with one attached hydrogen (secondary N) is 1. The van der Waals surface area contributed by atoms with E-state index in [1.807, 2.05) is 30.3 Å². The number of rotatable bonds is 8. The van der Waals surface area contributed by atoms with Crippen LogP contribution in [0, 0.1) is 10.1 Å². The van der Waals surface area contributed by atoms with Crippen molar-refractivity contribution in [3.63, 3.8) is 0 Å². The minimum Gasteiger partial charge on any atom is -0.493 e. The Bertz CT molecular complexity index is 1020. The third-order valence-electron chi connectivity index (χ3n) is 3.96. The van der Waals surface area contributed by atoms with Gasteiger partial charge in [0, 0.05) is 17.2 Å². The Morgan fingerprint density at radius 3 is 2.62 bits per heavy atom. The number of anilines is 1. The highest BCUT2D eigenvalue weighted by molar-refractivity contribution is 6.30. The Morgan fingerprint density at radius 1 is 1.10 bits per heavy atom. The van der Waals surface area contributed by atoms with Crippen LogP contribution in [0.1, 0.15) is 11.1 Å². The van der Waals surface area contributed by atoms with Crippen LogP contribution in [0.5, 0.6) is 11.5 Å². The number of hydrogen-bond acceptors (Lipinski definition) is 6. The van der Waals surface area contributed by atoms with Gasteiger partial charge in [-0.3, -0.25) is 15.5 Å². The van der Waals surface area contributed by atoms with E-state index < -0.39 is 4.92 Å². The van der Waals surface area contributed by atoms with Gasteiger partial charge >= 0.3 is 0 Å². The summed E-state index contributed by atoms with van der Waals surface area (Å²) in [6, 6.07) is 18.9. The molecule has 7 nitrogen and oxygen atoms in total. The maximum Gasteiger partial charge on any atom is 0.271 e. The fraction of sp³-hybridized carbons (Fsp3) is 0.0952. The molecule has 0 atom stereocenters. The number of non-ortho nitro benzene ring substituents is 1. The fourth-order valence-corrected chi connectivity index (χ4v) is 2.62. The highest BCUT2D eigenvalue weighted by atomic mass is 35.5. The van der Waals surface area contributed by atoms with Crippen LogP contribution in [0.4, 0.5) is 11.4 Å². The van der Waals surface area contributed by atoms with Gasteiger partial charge in [0.2, 0.25) is 0 Å². The first-order valence-electron chi connectivity index (χ1n) is 8.64. The summed E-state index contributed by atoms with van der Waals surface area (Å²) in [5.41, 5.74) is 5.05. The summed E-state index contributed by atoms with van der Waals surface area (Å²) in [6.07, 6.45) is 1.59. The van der Waals surface area contributed by atoms with Gasteiger partial charge in [0.1, 0.15) is 6.61 Å². The quantitative estimate of drug-likeness (QED) is 0.309. The monoisotopic (exact) mass is 411 g/mol. The maximum absolute atomic E-state index is 10.8. The van der Waals surface area contributed by atoms with Crippen LogP contribution in [-0.4, -0.2) is 18.2 Å². The molecular formula is C21H18ClN3O4. The molecule has 3 aromatic rings. The van der Waals surface area contributed by atoms with Gasteiger partial charge in [-0.2, -0.15) is 5.10 Å². The van der Waals surface area contributed by atoms with Gasteiger partial charge in [-0.15, -0.1) is 0 Å². The molecule has 0 amide bonds. The van der Waals surface area contributed by atoms with E-state index in [-0.39, 0.29) is 5.69 Å². The molecule has 1 N–H and O–H groups in total. The zero-order valence-electron chi connectivity index (χ0n) is 15.5. The predicted molar refractivity (Wildman–Crippen MR) is 113 cm³/mol. The minimum absolute atomic E-state index is 0.00550. The maximum atomic E-state index is 10.8. The molecule has 0 heterocycles. The standard InChI is InChI=1S/C21H18ClN3O4/c1-28-21-11-16(13-23-24-18-3-2-4-19(12-18)25(26)27)7-10-20(21)29-14-15-5-8-17(22)9-6-15/h2-13,24H,14H2,1H3. The molecule has 148 valence electrons. The van der Waals surface area contributed by atoms with Crippen LogP contribution in [0.15, 0.2) is 71.8 Å². The van der Waals surface area contributed by atoms with Crippen molar-refractivity contribution < 1.29 is 14.4 Å². The molecule has 8 heteroatoms. The molecule has 0 spiro atoms. The average molecular weight is 412 g/mol. The van der Waals surface area contributed by atoms with Crippen molar-refractivity contribution >= 4 is 29.2 Å². The van der Waals surface area contributed by atoms with Crippen LogP contribution in [0.25, 0.3) is 0 Å². The predicted octanol–water partition coefficient (Wildman–Crippen LogP) is 5.28. The van der Waals surface area contributed by atoms with E-state index in [1.165, 1.54) is 12.1 Å². The first-order valence-corrected chi connectivity index (χ1v) is 9.02. The van der Waals surface area contributed by atoms with Crippen LogP contribution in [0.3, 0.4) is 0 Å². The van der Waals surface area contributed by atoms with Gasteiger partial charge < -0.3 is 9.47 Å². The van der Waals surface area contributed by atoms with Crippen molar-refractivity contribution in [2.75, 3.05) is 12.5 Å². The summed E-state index contributed by atoms with van der Waals surface area (Å²) in [5.74, 6) is 1.17. The number of halogens is 1. The van der Waals surface area contributed by atoms with Crippen molar-refractivity contribution in [2.24, 2.45) is 5.10 Å². The number of benzene rings is 3. The SMILES string of the molecule is COc1cc(C=NNc2cccc([N+](=O)[O-])c2)ccc1OCc1ccc(Cl)cc1. The molecule has 29 heavy (non-hydrogen) atoms. The molecule has 0 aliphatic carbocycles. The molecule has 0 aliphatic rings. The second-order valence-electron chi connectivity index (χ2n) is 6.00. The molecular weight excluding hydrogens is 394 g/mol. The molecule has 0 fully saturated rings. The third-order valence-corrected chi connectivity index (χ3v) is 4.21. The lowest BCUT2D eigenvalue weighted by Crippen LogP contribution is -1.98. The second-order valence-corrected chi connectivity index (χ2v) is 6.44. The summed E-state index contributed by atoms with van der Waals surface area (Å²) in [5, 5.41) is 15.6. The first kappa shape index (κ1) is 20.2. The molecule has 0 unspecified atom stereocenters. The van der Waals surface area contributed by atoms with E-state index in [0.29, 0.717) is 28.8 Å². The van der Waals surface area contributed by atoms with E-state index in [2.05, 4.69) is 10.5 Å². The molecule has 0 aromatic heterocycles. The Morgan fingerprint density at radius 2 is 1.90 bits per heavy atom. The summed E-state index contributed by atoms with van der Waals surface area (Å²) in [4.78, 5) is 10.4. The molecule has 3 aromatic carbocycles. The van der Waals surface area contributed by atoms with Crippen LogP contribution in [0.2, 0.25) is 5.02 Å². The van der Waals surface area contributed by atoms with Crippen LogP contribution >= 0.6 is 11.6 Å². The molecule has 0 radical (unpaired) electrons. The molecule has 0 bridgehead atoms. The highest BCUT2D eigenvalue weighted by Crippen LogP contribution is 2.28. The third kappa shape index (κ3) is 5.70. The zero-order valence-corrected chi connectivity index (χ0v) is 16.3. The number of nitro benzene ring substituents is 1. The summed E-state index contributed by atoms with van der Waals surface area (Å²) in [6.45, 7) is 0.384. The summed E-state index contributed by atoms with van der Waals surface area (Å²) >= 11 is 5.89. The molecule has 0 saturated carbocycles. The lowest BCUT2D eigenvalue weighted by molar-refractivity contribution is -0.384. The highest BCUT2D eigenvalue weighted by Gasteiger charge is 2.07. The number of nitro groups is 1. The van der Waals surface area contributed by atoms with Gasteiger partial charge in [-0.1, -0.05) is 29.8 Å². The lowest BCUT2D eigenvalue weighted by Gasteiger charge is -2.11. The average Bonchev–Trinajstić information content (AvgIpc) is 2.74. The Hall–Kier alpha value is -3.58. The van der Waals surface area contributed by atoms with Crippen LogP contribution in [-0.2, 0) is 6.61 Å². The van der Waals surface area contributed by atoms with Crippen LogP contribution < -0.4 is 14.9 Å². The fourth-order valence-electron chi connectivity index (χ4n) is 2.50. The number of hydrazone groups is 1.